The minimum Gasteiger partial charge on any atom is -0.480 e. The van der Waals surface area contributed by atoms with E-state index >= 15 is 0 Å². The molecular formula is C11H22N2O3. The van der Waals surface area contributed by atoms with Crippen LogP contribution in [0.4, 0.5) is 4.79 Å². The molecule has 2 unspecified atom stereocenters. The van der Waals surface area contributed by atoms with Gasteiger partial charge in [0.15, 0.2) is 0 Å². The van der Waals surface area contributed by atoms with Crippen LogP contribution in [-0.2, 0) is 4.79 Å². The van der Waals surface area contributed by atoms with Crippen LogP contribution >= 0.6 is 0 Å². The van der Waals surface area contributed by atoms with Crippen molar-refractivity contribution in [1.82, 2.24) is 10.6 Å². The van der Waals surface area contributed by atoms with Gasteiger partial charge in [0.25, 0.3) is 0 Å². The Morgan fingerprint density at radius 2 is 1.81 bits per heavy atom. The molecule has 5 heteroatoms. The van der Waals surface area contributed by atoms with Crippen LogP contribution in [-0.4, -0.2) is 28.7 Å². The second-order valence-electron chi connectivity index (χ2n) is 4.62. The third-order valence-corrected chi connectivity index (χ3v) is 2.93. The van der Waals surface area contributed by atoms with E-state index in [1.807, 2.05) is 20.8 Å². The number of amides is 2. The number of carbonyl (C=O) groups is 2. The van der Waals surface area contributed by atoms with Crippen LogP contribution in [0.5, 0.6) is 0 Å². The minimum atomic E-state index is -1.21. The Hall–Kier alpha value is -1.26. The van der Waals surface area contributed by atoms with Gasteiger partial charge in [0.1, 0.15) is 5.54 Å². The molecule has 2 atom stereocenters. The van der Waals surface area contributed by atoms with E-state index in [1.165, 1.54) is 6.92 Å². The van der Waals surface area contributed by atoms with Gasteiger partial charge in [-0.2, -0.15) is 0 Å². The lowest BCUT2D eigenvalue weighted by atomic mass is 9.99. The average molecular weight is 230 g/mol. The molecule has 0 aromatic heterocycles. The molecule has 2 amide bonds. The van der Waals surface area contributed by atoms with Crippen LogP contribution in [0.3, 0.4) is 0 Å². The highest BCUT2D eigenvalue weighted by atomic mass is 16.4. The summed E-state index contributed by atoms with van der Waals surface area (Å²) >= 11 is 0. The Kier molecular flexibility index (Phi) is 5.27. The van der Waals surface area contributed by atoms with E-state index in [2.05, 4.69) is 10.6 Å². The Labute approximate surface area is 96.6 Å². The lowest BCUT2D eigenvalue weighted by Gasteiger charge is -2.26. The summed E-state index contributed by atoms with van der Waals surface area (Å²) in [7, 11) is 0. The zero-order valence-corrected chi connectivity index (χ0v) is 10.6. The normalized spacial score (nSPS) is 16.4. The summed E-state index contributed by atoms with van der Waals surface area (Å²) in [4.78, 5) is 22.5. The van der Waals surface area contributed by atoms with E-state index in [-0.39, 0.29) is 6.04 Å². The topological polar surface area (TPSA) is 78.4 Å². The second-order valence-corrected chi connectivity index (χ2v) is 4.62. The fourth-order valence-electron chi connectivity index (χ4n) is 0.953. The van der Waals surface area contributed by atoms with Crippen molar-refractivity contribution in [2.24, 2.45) is 5.92 Å². The fourth-order valence-corrected chi connectivity index (χ4v) is 0.953. The molecule has 0 aliphatic carbocycles. The summed E-state index contributed by atoms with van der Waals surface area (Å²) in [5, 5.41) is 14.2. The van der Waals surface area contributed by atoms with Crippen LogP contribution < -0.4 is 10.6 Å². The maximum Gasteiger partial charge on any atom is 0.329 e. The lowest BCUT2D eigenvalue weighted by molar-refractivity contribution is -0.143. The van der Waals surface area contributed by atoms with Gasteiger partial charge in [0.2, 0.25) is 0 Å². The Morgan fingerprint density at radius 1 is 1.31 bits per heavy atom. The Balaban J connectivity index is 4.38. The predicted molar refractivity (Wildman–Crippen MR) is 62.3 cm³/mol. The number of aliphatic carboxylic acids is 1. The van der Waals surface area contributed by atoms with Crippen LogP contribution in [0, 0.1) is 5.92 Å². The quantitative estimate of drug-likeness (QED) is 0.671. The lowest BCUT2D eigenvalue weighted by Crippen LogP contribution is -2.56. The summed E-state index contributed by atoms with van der Waals surface area (Å²) in [6.07, 6.45) is 0.339. The summed E-state index contributed by atoms with van der Waals surface area (Å²) in [5.74, 6) is -0.717. The first-order chi connectivity index (χ1) is 7.23. The van der Waals surface area contributed by atoms with E-state index in [4.69, 9.17) is 5.11 Å². The third kappa shape index (κ3) is 4.08. The van der Waals surface area contributed by atoms with Gasteiger partial charge in [-0.1, -0.05) is 20.8 Å². The van der Waals surface area contributed by atoms with Crippen molar-refractivity contribution in [1.29, 1.82) is 0 Å². The van der Waals surface area contributed by atoms with Crippen molar-refractivity contribution < 1.29 is 14.7 Å². The van der Waals surface area contributed by atoms with E-state index in [0.717, 1.165) is 0 Å². The standard InChI is InChI=1S/C11H22N2O3/c1-6-11(5,9(14)15)13-10(16)12-8(4)7(2)3/h7-8H,6H2,1-5H3,(H,14,15)(H2,12,13,16). The molecule has 3 N–H and O–H groups in total. The van der Waals surface area contributed by atoms with E-state index in [1.54, 1.807) is 6.92 Å². The predicted octanol–water partition coefficient (Wildman–Crippen LogP) is 1.58. The zero-order valence-electron chi connectivity index (χ0n) is 10.6. The molecule has 0 heterocycles. The minimum absolute atomic E-state index is 0.00917. The first-order valence-electron chi connectivity index (χ1n) is 5.55. The Bertz CT molecular complexity index is 266. The van der Waals surface area contributed by atoms with Gasteiger partial charge in [-0.05, 0) is 26.2 Å². The number of rotatable bonds is 5. The molecule has 94 valence electrons. The van der Waals surface area contributed by atoms with Crippen LogP contribution in [0.15, 0.2) is 0 Å². The molecule has 0 aliphatic heterocycles. The number of hydrogen-bond donors (Lipinski definition) is 3. The van der Waals surface area contributed by atoms with E-state index in [9.17, 15) is 9.59 Å². The summed E-state index contributed by atoms with van der Waals surface area (Å²) in [6, 6.07) is -0.428. The smallest absolute Gasteiger partial charge is 0.329 e. The molecule has 0 fully saturated rings. The number of hydrogen-bond acceptors (Lipinski definition) is 2. The number of carbonyl (C=O) groups excluding carboxylic acids is 1. The molecule has 0 aliphatic rings. The average Bonchev–Trinajstić information content (AvgIpc) is 2.16. The molecule has 0 radical (unpaired) electrons. The SMILES string of the molecule is CCC(C)(NC(=O)NC(C)C(C)C)C(=O)O. The van der Waals surface area contributed by atoms with Gasteiger partial charge < -0.3 is 15.7 Å². The van der Waals surface area contributed by atoms with E-state index in [0.29, 0.717) is 12.3 Å². The van der Waals surface area contributed by atoms with Crippen LogP contribution in [0.25, 0.3) is 0 Å². The molecule has 0 saturated heterocycles. The number of carboxylic acid groups (broad SMARTS) is 1. The largest absolute Gasteiger partial charge is 0.480 e. The Morgan fingerprint density at radius 3 is 2.12 bits per heavy atom. The molecule has 0 saturated carbocycles. The summed E-state index contributed by atoms with van der Waals surface area (Å²) in [5.41, 5.74) is -1.21. The van der Waals surface area contributed by atoms with Gasteiger partial charge >= 0.3 is 12.0 Å². The highest BCUT2D eigenvalue weighted by Gasteiger charge is 2.33. The number of urea groups is 1. The maximum atomic E-state index is 11.6. The van der Waals surface area contributed by atoms with Gasteiger partial charge in [0.05, 0.1) is 0 Å². The zero-order chi connectivity index (χ0) is 12.9. The van der Waals surface area contributed by atoms with E-state index < -0.39 is 17.5 Å². The maximum absolute atomic E-state index is 11.6. The molecule has 0 bridgehead atoms. The highest BCUT2D eigenvalue weighted by molar-refractivity contribution is 5.85. The summed E-state index contributed by atoms with van der Waals surface area (Å²) < 4.78 is 0. The van der Waals surface area contributed by atoms with Crippen molar-refractivity contribution >= 4 is 12.0 Å². The molecule has 5 nitrogen and oxygen atoms in total. The first kappa shape index (κ1) is 14.7. The van der Waals surface area contributed by atoms with Crippen LogP contribution in [0.2, 0.25) is 0 Å². The van der Waals surface area contributed by atoms with Gasteiger partial charge in [0, 0.05) is 6.04 Å². The molecule has 0 rings (SSSR count). The fraction of sp³-hybridized carbons (Fsp3) is 0.818. The highest BCUT2D eigenvalue weighted by Crippen LogP contribution is 2.09. The van der Waals surface area contributed by atoms with Crippen molar-refractivity contribution in [3.8, 4) is 0 Å². The van der Waals surface area contributed by atoms with Gasteiger partial charge in [-0.15, -0.1) is 0 Å². The monoisotopic (exact) mass is 230 g/mol. The van der Waals surface area contributed by atoms with Crippen LogP contribution in [0.1, 0.15) is 41.0 Å². The second kappa shape index (κ2) is 5.72. The van der Waals surface area contributed by atoms with Gasteiger partial charge in [-0.25, -0.2) is 9.59 Å². The van der Waals surface area contributed by atoms with Crippen molar-refractivity contribution in [2.45, 2.75) is 52.6 Å². The molecule has 0 aromatic rings. The summed E-state index contributed by atoms with van der Waals surface area (Å²) in [6.45, 7) is 9.08. The number of nitrogens with one attached hydrogen (secondary N) is 2. The molecule has 16 heavy (non-hydrogen) atoms. The third-order valence-electron chi connectivity index (χ3n) is 2.93. The molecule has 0 spiro atoms. The van der Waals surface area contributed by atoms with Crippen molar-refractivity contribution in [3.63, 3.8) is 0 Å². The molecular weight excluding hydrogens is 208 g/mol. The number of carboxylic acids is 1. The van der Waals surface area contributed by atoms with Crippen molar-refractivity contribution in [3.05, 3.63) is 0 Å². The molecule has 0 aromatic carbocycles. The van der Waals surface area contributed by atoms with Gasteiger partial charge in [-0.3, -0.25) is 0 Å². The van der Waals surface area contributed by atoms with Crippen molar-refractivity contribution in [2.75, 3.05) is 0 Å². The first-order valence-corrected chi connectivity index (χ1v) is 5.55.